The molecule has 7 nitrogen and oxygen atoms in total. The molecule has 1 N–H and O–H groups in total. The number of amides is 1. The fraction of sp³-hybridized carbons (Fsp3) is 0.143. The molecule has 0 aliphatic rings. The summed E-state index contributed by atoms with van der Waals surface area (Å²) in [6.45, 7) is 0.348. The predicted molar refractivity (Wildman–Crippen MR) is 139 cm³/mol. The summed E-state index contributed by atoms with van der Waals surface area (Å²) in [5, 5.41) is 11.7. The van der Waals surface area contributed by atoms with Gasteiger partial charge in [0.05, 0.1) is 17.0 Å². The Balaban J connectivity index is 1.34. The van der Waals surface area contributed by atoms with Crippen LogP contribution in [0.25, 0.3) is 5.69 Å². The molecule has 2 heterocycles. The second-order valence-electron chi connectivity index (χ2n) is 8.53. The molecular weight excluding hydrogens is 527 g/mol. The number of aromatic nitrogens is 4. The molecule has 0 fully saturated rings. The van der Waals surface area contributed by atoms with Crippen molar-refractivity contribution >= 4 is 17.7 Å². The van der Waals surface area contributed by atoms with Gasteiger partial charge >= 0.3 is 6.18 Å². The number of halogens is 3. The zero-order chi connectivity index (χ0) is 27.2. The van der Waals surface area contributed by atoms with E-state index in [9.17, 15) is 18.0 Å². The molecule has 11 heteroatoms. The number of carbonyl (C=O) groups is 1. The molecule has 3 aromatic carbocycles. The summed E-state index contributed by atoms with van der Waals surface area (Å²) in [4.78, 5) is 16.7. The van der Waals surface area contributed by atoms with E-state index in [2.05, 4.69) is 20.5 Å². The molecule has 0 aliphatic carbocycles. The van der Waals surface area contributed by atoms with Crippen molar-refractivity contribution in [1.82, 2.24) is 25.1 Å². The highest BCUT2D eigenvalue weighted by atomic mass is 32.2. The highest BCUT2D eigenvalue weighted by molar-refractivity contribution is 7.98. The van der Waals surface area contributed by atoms with Crippen LogP contribution in [0, 0.1) is 0 Å². The standard InChI is InChI=1S/C28H22F3N5O2S/c29-28(30,31)21-12-7-13-22(15-21)36-24(14-19-8-3-1-4-9-19)34-35-27(36)39-18-25-33-23(17-38-25)26(37)32-16-20-10-5-2-6-11-20/h1-13,15,17H,14,16,18H2,(H,32,37). The van der Waals surface area contributed by atoms with Gasteiger partial charge in [-0.2, -0.15) is 13.2 Å². The van der Waals surface area contributed by atoms with Gasteiger partial charge in [0.1, 0.15) is 12.1 Å². The van der Waals surface area contributed by atoms with Crippen LogP contribution < -0.4 is 5.32 Å². The van der Waals surface area contributed by atoms with E-state index in [1.54, 1.807) is 10.6 Å². The summed E-state index contributed by atoms with van der Waals surface area (Å²) >= 11 is 1.20. The molecule has 5 aromatic rings. The first-order chi connectivity index (χ1) is 18.9. The van der Waals surface area contributed by atoms with Crippen molar-refractivity contribution in [3.8, 4) is 5.69 Å². The lowest BCUT2D eigenvalue weighted by atomic mass is 10.1. The Bertz CT molecular complexity index is 1550. The fourth-order valence-corrected chi connectivity index (χ4v) is 4.67. The molecule has 1 amide bonds. The van der Waals surface area contributed by atoms with Crippen molar-refractivity contribution in [3.63, 3.8) is 0 Å². The van der Waals surface area contributed by atoms with E-state index in [0.717, 1.165) is 23.3 Å². The molecule has 0 atom stereocenters. The summed E-state index contributed by atoms with van der Waals surface area (Å²) in [6.07, 6.45) is -2.85. The van der Waals surface area contributed by atoms with E-state index in [1.165, 1.54) is 24.1 Å². The van der Waals surface area contributed by atoms with Crippen molar-refractivity contribution in [2.75, 3.05) is 0 Å². The minimum atomic E-state index is -4.49. The summed E-state index contributed by atoms with van der Waals surface area (Å²) in [5.74, 6) is 0.564. The van der Waals surface area contributed by atoms with Gasteiger partial charge in [-0.3, -0.25) is 9.36 Å². The first-order valence-electron chi connectivity index (χ1n) is 11.9. The smallest absolute Gasteiger partial charge is 0.416 e. The maximum Gasteiger partial charge on any atom is 0.416 e. The van der Waals surface area contributed by atoms with Gasteiger partial charge in [0.2, 0.25) is 5.89 Å². The third kappa shape index (κ3) is 6.55. The third-order valence-electron chi connectivity index (χ3n) is 5.74. The Labute approximate surface area is 226 Å². The Morgan fingerprint density at radius 2 is 1.64 bits per heavy atom. The van der Waals surface area contributed by atoms with Crippen LogP contribution >= 0.6 is 11.8 Å². The number of nitrogens with zero attached hydrogens (tertiary/aromatic N) is 4. The van der Waals surface area contributed by atoms with Crippen LogP contribution in [0.2, 0.25) is 0 Å². The SMILES string of the molecule is O=C(NCc1ccccc1)c1coc(CSc2nnc(Cc3ccccc3)n2-c2cccc(C(F)(F)F)c2)n1. The van der Waals surface area contributed by atoms with Crippen LogP contribution in [-0.4, -0.2) is 25.7 Å². The average Bonchev–Trinajstić information content (AvgIpc) is 3.58. The molecule has 198 valence electrons. The third-order valence-corrected chi connectivity index (χ3v) is 6.66. The molecule has 0 saturated heterocycles. The zero-order valence-electron chi connectivity index (χ0n) is 20.4. The quantitative estimate of drug-likeness (QED) is 0.224. The van der Waals surface area contributed by atoms with E-state index in [-0.39, 0.29) is 28.9 Å². The molecular formula is C28H22F3N5O2S. The van der Waals surface area contributed by atoms with Gasteiger partial charge in [0, 0.05) is 13.0 Å². The van der Waals surface area contributed by atoms with Gasteiger partial charge in [0.25, 0.3) is 5.91 Å². The highest BCUT2D eigenvalue weighted by Crippen LogP contribution is 2.32. The number of hydrogen-bond donors (Lipinski definition) is 1. The Morgan fingerprint density at radius 3 is 2.36 bits per heavy atom. The molecule has 0 bridgehead atoms. The number of thioether (sulfide) groups is 1. The number of alkyl halides is 3. The fourth-order valence-electron chi connectivity index (χ4n) is 3.84. The van der Waals surface area contributed by atoms with E-state index < -0.39 is 11.7 Å². The van der Waals surface area contributed by atoms with Gasteiger partial charge in [-0.05, 0) is 29.3 Å². The lowest BCUT2D eigenvalue weighted by Crippen LogP contribution is -2.23. The first-order valence-corrected chi connectivity index (χ1v) is 12.9. The number of nitrogens with one attached hydrogen (secondary N) is 1. The molecule has 0 aliphatic heterocycles. The normalized spacial score (nSPS) is 11.5. The second-order valence-corrected chi connectivity index (χ2v) is 9.47. The number of carbonyl (C=O) groups excluding carboxylic acids is 1. The minimum absolute atomic E-state index is 0.130. The average molecular weight is 550 g/mol. The molecule has 0 spiro atoms. The van der Waals surface area contributed by atoms with E-state index in [1.807, 2.05) is 60.7 Å². The van der Waals surface area contributed by atoms with Gasteiger partial charge in [-0.1, -0.05) is 78.5 Å². The van der Waals surface area contributed by atoms with Gasteiger partial charge in [-0.15, -0.1) is 10.2 Å². The van der Waals surface area contributed by atoms with Crippen LogP contribution in [0.1, 0.15) is 38.9 Å². The van der Waals surface area contributed by atoms with Gasteiger partial charge in [-0.25, -0.2) is 4.98 Å². The number of benzene rings is 3. The van der Waals surface area contributed by atoms with Crippen molar-refractivity contribution in [3.05, 3.63) is 125 Å². The first kappa shape index (κ1) is 26.2. The number of rotatable bonds is 9. The largest absolute Gasteiger partial charge is 0.447 e. The van der Waals surface area contributed by atoms with Crippen LogP contribution in [-0.2, 0) is 24.9 Å². The Morgan fingerprint density at radius 1 is 0.923 bits per heavy atom. The van der Waals surface area contributed by atoms with Crippen molar-refractivity contribution < 1.29 is 22.4 Å². The summed E-state index contributed by atoms with van der Waals surface area (Å²) in [6, 6.07) is 24.0. The maximum absolute atomic E-state index is 13.4. The lowest BCUT2D eigenvalue weighted by molar-refractivity contribution is -0.137. The molecule has 0 radical (unpaired) electrons. The Hall–Kier alpha value is -4.38. The molecule has 0 saturated carbocycles. The molecule has 39 heavy (non-hydrogen) atoms. The Kier molecular flexibility index (Phi) is 7.78. The predicted octanol–water partition coefficient (Wildman–Crippen LogP) is 6.09. The van der Waals surface area contributed by atoms with Crippen LogP contribution in [0.4, 0.5) is 13.2 Å². The highest BCUT2D eigenvalue weighted by Gasteiger charge is 2.31. The monoisotopic (exact) mass is 549 g/mol. The van der Waals surface area contributed by atoms with E-state index in [0.29, 0.717) is 23.9 Å². The summed E-state index contributed by atoms with van der Waals surface area (Å²) in [7, 11) is 0. The van der Waals surface area contributed by atoms with Crippen LogP contribution in [0.15, 0.2) is 101 Å². The molecule has 0 unspecified atom stereocenters. The maximum atomic E-state index is 13.4. The van der Waals surface area contributed by atoms with Crippen molar-refractivity contribution in [2.45, 2.75) is 30.1 Å². The topological polar surface area (TPSA) is 85.8 Å². The zero-order valence-corrected chi connectivity index (χ0v) is 21.2. The molecule has 5 rings (SSSR count). The number of hydrogen-bond acceptors (Lipinski definition) is 6. The van der Waals surface area contributed by atoms with Crippen molar-refractivity contribution in [1.29, 1.82) is 0 Å². The van der Waals surface area contributed by atoms with Gasteiger partial charge in [0.15, 0.2) is 10.9 Å². The molecule has 2 aromatic heterocycles. The minimum Gasteiger partial charge on any atom is -0.447 e. The lowest BCUT2D eigenvalue weighted by Gasteiger charge is -2.13. The summed E-state index contributed by atoms with van der Waals surface area (Å²) < 4.78 is 47.4. The van der Waals surface area contributed by atoms with Crippen LogP contribution in [0.5, 0.6) is 0 Å². The van der Waals surface area contributed by atoms with Crippen molar-refractivity contribution in [2.24, 2.45) is 0 Å². The number of oxazole rings is 1. The van der Waals surface area contributed by atoms with Gasteiger partial charge < -0.3 is 9.73 Å². The van der Waals surface area contributed by atoms with E-state index >= 15 is 0 Å². The van der Waals surface area contributed by atoms with Crippen LogP contribution in [0.3, 0.4) is 0 Å². The second kappa shape index (κ2) is 11.6. The van der Waals surface area contributed by atoms with E-state index in [4.69, 9.17) is 4.42 Å². The summed E-state index contributed by atoms with van der Waals surface area (Å²) in [5.41, 5.74) is 1.54.